The lowest BCUT2D eigenvalue weighted by Gasteiger charge is -2.18. The summed E-state index contributed by atoms with van der Waals surface area (Å²) in [6.07, 6.45) is 3.31. The number of rotatable bonds is 9. The number of pyridine rings is 1. The lowest BCUT2D eigenvalue weighted by molar-refractivity contribution is -0.127. The van der Waals surface area contributed by atoms with Gasteiger partial charge in [-0.3, -0.25) is 9.78 Å². The average Bonchev–Trinajstić information content (AvgIpc) is 3.07. The molecule has 0 fully saturated rings. The molecule has 24 heavy (non-hydrogen) atoms. The molecule has 0 saturated heterocycles. The number of carbonyl (C=O) groups is 1. The first-order valence-corrected chi connectivity index (χ1v) is 7.72. The molecule has 0 spiro atoms. The molecule has 0 aromatic carbocycles. The molecule has 8 nitrogen and oxygen atoms in total. The van der Waals surface area contributed by atoms with Gasteiger partial charge in [0.05, 0.1) is 13.2 Å². The monoisotopic (exact) mass is 334 g/mol. The molecule has 0 aliphatic heterocycles. The lowest BCUT2D eigenvalue weighted by Crippen LogP contribution is -2.34. The summed E-state index contributed by atoms with van der Waals surface area (Å²) >= 11 is 0. The van der Waals surface area contributed by atoms with Gasteiger partial charge in [-0.15, -0.1) is 0 Å². The van der Waals surface area contributed by atoms with E-state index in [9.17, 15) is 4.79 Å². The summed E-state index contributed by atoms with van der Waals surface area (Å²) in [7, 11) is 1.58. The second kappa shape index (κ2) is 9.09. The predicted octanol–water partition coefficient (Wildman–Crippen LogP) is 1.61. The van der Waals surface area contributed by atoms with Crippen molar-refractivity contribution < 1.29 is 18.8 Å². The molecule has 2 aromatic heterocycles. The summed E-state index contributed by atoms with van der Waals surface area (Å²) in [5.74, 6) is 0.665. The molecule has 0 aliphatic carbocycles. The summed E-state index contributed by atoms with van der Waals surface area (Å²) in [6.45, 7) is 4.70. The number of amides is 1. The van der Waals surface area contributed by atoms with Crippen LogP contribution in [-0.4, -0.2) is 48.0 Å². The van der Waals surface area contributed by atoms with E-state index < -0.39 is 0 Å². The number of methoxy groups -OCH3 is 1. The fraction of sp³-hybridized carbons (Fsp3) is 0.500. The van der Waals surface area contributed by atoms with Crippen molar-refractivity contribution in [2.24, 2.45) is 5.92 Å². The van der Waals surface area contributed by atoms with E-state index in [2.05, 4.69) is 20.4 Å². The third-order valence-corrected chi connectivity index (χ3v) is 3.29. The molecule has 1 N–H and O–H groups in total. The molecule has 2 rings (SSSR count). The number of ether oxygens (including phenoxy) is 2. The van der Waals surface area contributed by atoms with Gasteiger partial charge in [-0.05, 0) is 18.1 Å². The highest BCUT2D eigenvalue weighted by molar-refractivity contribution is 5.77. The lowest BCUT2D eigenvalue weighted by atomic mass is 10.0. The van der Waals surface area contributed by atoms with E-state index in [1.807, 2.05) is 13.8 Å². The van der Waals surface area contributed by atoms with Crippen LogP contribution in [-0.2, 0) is 14.3 Å². The maximum absolute atomic E-state index is 12.0. The molecule has 0 saturated carbocycles. The summed E-state index contributed by atoms with van der Waals surface area (Å²) < 4.78 is 15.4. The molecule has 130 valence electrons. The second-order valence-corrected chi connectivity index (χ2v) is 5.53. The van der Waals surface area contributed by atoms with E-state index in [1.54, 1.807) is 31.6 Å². The van der Waals surface area contributed by atoms with Gasteiger partial charge in [-0.1, -0.05) is 19.0 Å². The van der Waals surface area contributed by atoms with Gasteiger partial charge < -0.3 is 19.3 Å². The van der Waals surface area contributed by atoms with E-state index in [1.165, 1.54) is 0 Å². The fourth-order valence-electron chi connectivity index (χ4n) is 2.02. The summed E-state index contributed by atoms with van der Waals surface area (Å²) in [6, 6.07) is 3.20. The molecule has 1 unspecified atom stereocenters. The zero-order chi connectivity index (χ0) is 17.4. The zero-order valence-electron chi connectivity index (χ0n) is 14.1. The van der Waals surface area contributed by atoms with Crippen LogP contribution in [0.2, 0.25) is 0 Å². The Labute approximate surface area is 140 Å². The van der Waals surface area contributed by atoms with Gasteiger partial charge in [0.1, 0.15) is 12.6 Å². The fourth-order valence-corrected chi connectivity index (χ4v) is 2.02. The number of nitrogens with one attached hydrogen (secondary N) is 1. The van der Waals surface area contributed by atoms with E-state index >= 15 is 0 Å². The quantitative estimate of drug-likeness (QED) is 0.695. The first-order valence-electron chi connectivity index (χ1n) is 7.72. The highest BCUT2D eigenvalue weighted by atomic mass is 16.5. The molecule has 0 bridgehead atoms. The first kappa shape index (κ1) is 18.0. The summed E-state index contributed by atoms with van der Waals surface area (Å²) in [5.41, 5.74) is 0.803. The molecule has 1 atom stereocenters. The first-order chi connectivity index (χ1) is 11.6. The minimum atomic E-state index is -0.383. The van der Waals surface area contributed by atoms with Crippen LogP contribution in [0.5, 0.6) is 0 Å². The number of carbonyl (C=O) groups excluding carboxylic acids is 1. The Morgan fingerprint density at radius 3 is 2.71 bits per heavy atom. The average molecular weight is 334 g/mol. The highest BCUT2D eigenvalue weighted by Gasteiger charge is 2.24. The Morgan fingerprint density at radius 2 is 2.04 bits per heavy atom. The van der Waals surface area contributed by atoms with Crippen molar-refractivity contribution >= 4 is 5.91 Å². The number of nitrogens with zero attached hydrogens (tertiary/aromatic N) is 3. The smallest absolute Gasteiger partial charge is 0.249 e. The van der Waals surface area contributed by atoms with Crippen LogP contribution in [0.25, 0.3) is 11.4 Å². The van der Waals surface area contributed by atoms with E-state index in [0.29, 0.717) is 24.9 Å². The van der Waals surface area contributed by atoms with Crippen LogP contribution in [0, 0.1) is 5.92 Å². The van der Waals surface area contributed by atoms with Crippen LogP contribution in [0.4, 0.5) is 0 Å². The maximum atomic E-state index is 12.0. The molecule has 2 heterocycles. The molecule has 0 aliphatic rings. The van der Waals surface area contributed by atoms with Crippen LogP contribution >= 0.6 is 0 Å². The SMILES string of the molecule is COCCOCC(=O)NC(c1nc(-c2ccncc2)no1)C(C)C. The normalized spacial score (nSPS) is 12.3. The maximum Gasteiger partial charge on any atom is 0.249 e. The van der Waals surface area contributed by atoms with Crippen LogP contribution in [0.3, 0.4) is 0 Å². The molecule has 2 aromatic rings. The Kier molecular flexibility index (Phi) is 6.83. The third-order valence-electron chi connectivity index (χ3n) is 3.29. The zero-order valence-corrected chi connectivity index (χ0v) is 14.1. The van der Waals surface area contributed by atoms with E-state index in [0.717, 1.165) is 5.56 Å². The Hall–Kier alpha value is -2.32. The van der Waals surface area contributed by atoms with Crippen molar-refractivity contribution in [3.8, 4) is 11.4 Å². The van der Waals surface area contributed by atoms with Gasteiger partial charge in [0.25, 0.3) is 0 Å². The van der Waals surface area contributed by atoms with Gasteiger partial charge in [0.15, 0.2) is 0 Å². The van der Waals surface area contributed by atoms with Gasteiger partial charge in [0, 0.05) is 25.1 Å². The number of aromatic nitrogens is 3. The molecular formula is C16H22N4O4. The van der Waals surface area contributed by atoms with Gasteiger partial charge in [-0.2, -0.15) is 4.98 Å². The van der Waals surface area contributed by atoms with Gasteiger partial charge in [0.2, 0.25) is 17.6 Å². The van der Waals surface area contributed by atoms with Crippen molar-refractivity contribution in [3.63, 3.8) is 0 Å². The van der Waals surface area contributed by atoms with Crippen LogP contribution < -0.4 is 5.32 Å². The predicted molar refractivity (Wildman–Crippen MR) is 85.9 cm³/mol. The van der Waals surface area contributed by atoms with Crippen LogP contribution in [0.15, 0.2) is 29.0 Å². The second-order valence-electron chi connectivity index (χ2n) is 5.53. The molecule has 8 heteroatoms. The minimum Gasteiger partial charge on any atom is -0.382 e. The van der Waals surface area contributed by atoms with Crippen molar-refractivity contribution in [1.82, 2.24) is 20.4 Å². The van der Waals surface area contributed by atoms with Crippen molar-refractivity contribution in [3.05, 3.63) is 30.4 Å². The van der Waals surface area contributed by atoms with E-state index in [-0.39, 0.29) is 24.5 Å². The minimum absolute atomic E-state index is 0.0437. The Morgan fingerprint density at radius 1 is 1.29 bits per heavy atom. The largest absolute Gasteiger partial charge is 0.382 e. The van der Waals surface area contributed by atoms with Crippen molar-refractivity contribution in [2.45, 2.75) is 19.9 Å². The number of hydrogen-bond donors (Lipinski definition) is 1. The standard InChI is InChI=1S/C16H22N4O4/c1-11(2)14(18-13(21)10-23-9-8-22-3)16-19-15(20-24-16)12-4-6-17-7-5-12/h4-7,11,14H,8-10H2,1-3H3,(H,18,21). The third kappa shape index (κ3) is 5.10. The number of hydrogen-bond acceptors (Lipinski definition) is 7. The molecule has 0 radical (unpaired) electrons. The summed E-state index contributed by atoms with van der Waals surface area (Å²) in [5, 5.41) is 6.83. The molecule has 1 amide bonds. The van der Waals surface area contributed by atoms with Gasteiger partial charge in [-0.25, -0.2) is 0 Å². The topological polar surface area (TPSA) is 99.4 Å². The van der Waals surface area contributed by atoms with Gasteiger partial charge >= 0.3 is 0 Å². The highest BCUT2D eigenvalue weighted by Crippen LogP contribution is 2.23. The van der Waals surface area contributed by atoms with Crippen molar-refractivity contribution in [2.75, 3.05) is 26.9 Å². The van der Waals surface area contributed by atoms with Crippen LogP contribution in [0.1, 0.15) is 25.8 Å². The Bertz CT molecular complexity index is 630. The summed E-state index contributed by atoms with van der Waals surface area (Å²) in [4.78, 5) is 20.3. The van der Waals surface area contributed by atoms with E-state index in [4.69, 9.17) is 14.0 Å². The molecular weight excluding hydrogens is 312 g/mol. The Balaban J connectivity index is 2.00. The van der Waals surface area contributed by atoms with Crippen molar-refractivity contribution in [1.29, 1.82) is 0 Å².